The number of aliphatic hydroxyl groups excluding tert-OH is 2. The first kappa shape index (κ1) is 38.1. The van der Waals surface area contributed by atoms with E-state index >= 15 is 0 Å². The van der Waals surface area contributed by atoms with Crippen LogP contribution in [0, 0.1) is 0 Å². The molecule has 0 aliphatic heterocycles. The van der Waals surface area contributed by atoms with Crippen molar-refractivity contribution < 1.29 is 19.8 Å². The molecule has 1 aliphatic rings. The van der Waals surface area contributed by atoms with E-state index in [4.69, 9.17) is 0 Å². The van der Waals surface area contributed by atoms with Gasteiger partial charge >= 0.3 is 0 Å². The molecule has 12 heteroatoms. The summed E-state index contributed by atoms with van der Waals surface area (Å²) in [5, 5.41) is 29.1. The number of nitrogens with one attached hydrogen (secondary N) is 2. The van der Waals surface area contributed by atoms with Gasteiger partial charge in [-0.2, -0.15) is 0 Å². The number of ketones is 2. The molecule has 2 unspecified atom stereocenters. The number of benzene rings is 2. The molecule has 56 heavy (non-hydrogen) atoms. The van der Waals surface area contributed by atoms with E-state index in [2.05, 4.69) is 40.4 Å². The highest BCUT2D eigenvalue weighted by molar-refractivity contribution is 6.31. The fourth-order valence-corrected chi connectivity index (χ4v) is 6.97. The average molecular weight is 749 g/mol. The Bertz CT molecular complexity index is 1970. The number of aromatic nitrogens is 4. The second-order valence-electron chi connectivity index (χ2n) is 13.8. The fraction of sp³-hybridized carbons (Fsp3) is 0.227. The van der Waals surface area contributed by atoms with Crippen molar-refractivity contribution in [2.24, 2.45) is 0 Å². The summed E-state index contributed by atoms with van der Waals surface area (Å²) in [7, 11) is 0. The highest BCUT2D eigenvalue weighted by atomic mass is 16.3. The van der Waals surface area contributed by atoms with Crippen LogP contribution in [0.1, 0.15) is 54.6 Å². The van der Waals surface area contributed by atoms with Gasteiger partial charge in [0.05, 0.1) is 46.1 Å². The van der Waals surface area contributed by atoms with E-state index in [1.54, 1.807) is 61.2 Å². The summed E-state index contributed by atoms with van der Waals surface area (Å²) in [5.41, 5.74) is 5.49. The van der Waals surface area contributed by atoms with Crippen molar-refractivity contribution in [1.29, 1.82) is 0 Å². The lowest BCUT2D eigenvalue weighted by Crippen LogP contribution is -2.36. The molecule has 4 aromatic heterocycles. The summed E-state index contributed by atoms with van der Waals surface area (Å²) in [6, 6.07) is 33.2. The van der Waals surface area contributed by atoms with Crippen LogP contribution in [0.25, 0.3) is 0 Å². The minimum absolute atomic E-state index is 0.130. The molecule has 0 saturated heterocycles. The van der Waals surface area contributed by atoms with E-state index in [9.17, 15) is 19.8 Å². The Balaban J connectivity index is 1.03. The zero-order valence-electron chi connectivity index (χ0n) is 30.9. The van der Waals surface area contributed by atoms with Crippen LogP contribution in [-0.4, -0.2) is 89.9 Å². The number of rotatable bonds is 18. The largest absolute Gasteiger partial charge is 0.390 e. The van der Waals surface area contributed by atoms with Gasteiger partial charge in [0, 0.05) is 99.6 Å². The molecule has 12 nitrogen and oxygen atoms in total. The van der Waals surface area contributed by atoms with Gasteiger partial charge in [-0.15, -0.1) is 0 Å². The Labute approximate surface area is 325 Å². The Morgan fingerprint density at radius 1 is 0.464 bits per heavy atom. The minimum atomic E-state index is -0.825. The van der Waals surface area contributed by atoms with E-state index in [0.717, 1.165) is 22.8 Å². The number of carbonyl (C=O) groups is 2. The first-order valence-corrected chi connectivity index (χ1v) is 18.6. The van der Waals surface area contributed by atoms with Gasteiger partial charge in [-0.1, -0.05) is 48.5 Å². The van der Waals surface area contributed by atoms with E-state index < -0.39 is 12.2 Å². The lowest BCUT2D eigenvalue weighted by molar-refractivity contribution is 0.0979. The predicted molar refractivity (Wildman–Crippen MR) is 214 cm³/mol. The van der Waals surface area contributed by atoms with Gasteiger partial charge in [0.15, 0.2) is 11.6 Å². The van der Waals surface area contributed by atoms with Crippen LogP contribution in [0.4, 0.5) is 11.4 Å². The number of fused-ring (bicyclic) bond motifs is 2. The van der Waals surface area contributed by atoms with E-state index in [-0.39, 0.29) is 35.8 Å². The molecule has 4 N–H and O–H groups in total. The van der Waals surface area contributed by atoms with Crippen molar-refractivity contribution in [1.82, 2.24) is 29.7 Å². The third kappa shape index (κ3) is 9.73. The molecule has 0 spiro atoms. The number of hydrogen-bond acceptors (Lipinski definition) is 12. The maximum Gasteiger partial charge on any atom is 0.198 e. The van der Waals surface area contributed by atoms with Crippen molar-refractivity contribution in [2.45, 2.75) is 38.4 Å². The highest BCUT2D eigenvalue weighted by Crippen LogP contribution is 2.35. The summed E-state index contributed by atoms with van der Waals surface area (Å²) in [5.74, 6) is -0.583. The Morgan fingerprint density at radius 3 is 1.14 bits per heavy atom. The second kappa shape index (κ2) is 18.4. The maximum absolute atomic E-state index is 14.4. The highest BCUT2D eigenvalue weighted by Gasteiger charge is 2.34. The third-order valence-electron chi connectivity index (χ3n) is 9.51. The summed E-state index contributed by atoms with van der Waals surface area (Å²) in [6.07, 6.45) is 5.33. The fourth-order valence-electron chi connectivity index (χ4n) is 6.97. The Kier molecular flexibility index (Phi) is 12.5. The summed E-state index contributed by atoms with van der Waals surface area (Å²) >= 11 is 0. The molecule has 7 rings (SSSR count). The lowest BCUT2D eigenvalue weighted by Gasteiger charge is -2.27. The van der Waals surface area contributed by atoms with Crippen LogP contribution in [0.5, 0.6) is 0 Å². The molecule has 0 radical (unpaired) electrons. The van der Waals surface area contributed by atoms with Gasteiger partial charge in [0.1, 0.15) is 0 Å². The van der Waals surface area contributed by atoms with Gasteiger partial charge in [0.2, 0.25) is 0 Å². The van der Waals surface area contributed by atoms with Gasteiger partial charge in [-0.3, -0.25) is 39.3 Å². The zero-order valence-corrected chi connectivity index (χ0v) is 30.9. The molecule has 4 heterocycles. The normalized spacial score (nSPS) is 13.3. The summed E-state index contributed by atoms with van der Waals surface area (Å²) in [6.45, 7) is 2.92. The molecule has 0 saturated carbocycles. The molecular formula is C44H44N8O4. The number of carbonyl (C=O) groups excluding carboxylic acids is 2. The Morgan fingerprint density at radius 2 is 0.821 bits per heavy atom. The molecule has 1 aliphatic carbocycles. The van der Waals surface area contributed by atoms with Gasteiger partial charge < -0.3 is 20.8 Å². The first-order valence-electron chi connectivity index (χ1n) is 18.6. The number of aliphatic hydroxyl groups is 2. The van der Waals surface area contributed by atoms with E-state index in [1.807, 2.05) is 72.8 Å². The molecular weight excluding hydrogens is 705 g/mol. The topological polar surface area (TPSA) is 157 Å². The van der Waals surface area contributed by atoms with Crippen molar-refractivity contribution in [3.63, 3.8) is 0 Å². The third-order valence-corrected chi connectivity index (χ3v) is 9.51. The first-order chi connectivity index (χ1) is 27.4. The molecule has 2 atom stereocenters. The van der Waals surface area contributed by atoms with Crippen LogP contribution >= 0.6 is 0 Å². The standard InChI is InChI=1S/C44H44N8O4/c53-35(29-51(25-31-11-1-5-19-45-31)26-32-12-2-6-20-46-32)23-49-39-17-9-15-37-41(39)44(56)42-38(43(37)55)16-10-18-40(42)50-24-36(54)30-52(27-33-13-3-7-21-47-33)28-34-14-4-8-22-48-34/h1-22,35-36,49-50,53-54H,23-30H2. The number of hydrogen-bond donors (Lipinski definition) is 4. The van der Waals surface area contributed by atoms with Crippen molar-refractivity contribution >= 4 is 22.9 Å². The van der Waals surface area contributed by atoms with Crippen molar-refractivity contribution in [3.05, 3.63) is 179 Å². The number of anilines is 2. The average Bonchev–Trinajstić information content (AvgIpc) is 3.22. The summed E-state index contributed by atoms with van der Waals surface area (Å²) < 4.78 is 0. The minimum Gasteiger partial charge on any atom is -0.390 e. The second-order valence-corrected chi connectivity index (χ2v) is 13.8. The Hall–Kier alpha value is -6.18. The molecule has 2 aromatic carbocycles. The molecule has 6 aromatic rings. The van der Waals surface area contributed by atoms with Crippen LogP contribution in [0.15, 0.2) is 134 Å². The van der Waals surface area contributed by atoms with Gasteiger partial charge in [-0.25, -0.2) is 0 Å². The number of nitrogens with zero attached hydrogens (tertiary/aromatic N) is 6. The quantitative estimate of drug-likeness (QED) is 0.0934. The predicted octanol–water partition coefficient (Wildman–Crippen LogP) is 4.99. The smallest absolute Gasteiger partial charge is 0.198 e. The van der Waals surface area contributed by atoms with Crippen molar-refractivity contribution in [3.8, 4) is 0 Å². The lowest BCUT2D eigenvalue weighted by atomic mass is 9.82. The molecule has 284 valence electrons. The van der Waals surface area contributed by atoms with E-state index in [0.29, 0.717) is 61.8 Å². The van der Waals surface area contributed by atoms with Crippen molar-refractivity contribution in [2.75, 3.05) is 36.8 Å². The molecule has 0 bridgehead atoms. The van der Waals surface area contributed by atoms with Crippen LogP contribution in [-0.2, 0) is 26.2 Å². The monoisotopic (exact) mass is 748 g/mol. The molecule has 0 fully saturated rings. The van der Waals surface area contributed by atoms with Crippen LogP contribution in [0.3, 0.4) is 0 Å². The van der Waals surface area contributed by atoms with Gasteiger partial charge in [0.25, 0.3) is 0 Å². The van der Waals surface area contributed by atoms with Gasteiger partial charge in [-0.05, 0) is 60.7 Å². The van der Waals surface area contributed by atoms with Crippen LogP contribution < -0.4 is 10.6 Å². The zero-order chi connectivity index (χ0) is 38.7. The van der Waals surface area contributed by atoms with Crippen LogP contribution in [0.2, 0.25) is 0 Å². The number of pyridine rings is 4. The molecule has 0 amide bonds. The summed E-state index contributed by atoms with van der Waals surface area (Å²) in [4.78, 5) is 50.2. The maximum atomic E-state index is 14.4. The van der Waals surface area contributed by atoms with E-state index in [1.165, 1.54) is 0 Å². The SMILES string of the molecule is O=C1c2cccc(NCC(O)CN(Cc3ccccn3)Cc3ccccn3)c2C(=O)c2c(NCC(O)CN(Cc3ccccn3)Cc3ccccn3)cccc21.